The van der Waals surface area contributed by atoms with Crippen molar-refractivity contribution in [1.82, 2.24) is 0 Å². The maximum atomic E-state index is 10.6. The maximum Gasteiger partial charge on any atom is 0.297 e. The largest absolute Gasteiger partial charge is 0.297 e. The van der Waals surface area contributed by atoms with Gasteiger partial charge in [0.25, 0.3) is 5.69 Å². The van der Waals surface area contributed by atoms with Gasteiger partial charge in [-0.1, -0.05) is 0 Å². The summed E-state index contributed by atoms with van der Waals surface area (Å²) in [4.78, 5) is 11.3. The maximum absolute atomic E-state index is 10.6. The molecular formula is C7H6BrNO2S. The van der Waals surface area contributed by atoms with Gasteiger partial charge < -0.3 is 0 Å². The molecule has 0 amide bonds. The second kappa shape index (κ2) is 2.81. The summed E-state index contributed by atoms with van der Waals surface area (Å²) in [6.45, 7) is 0. The molecule has 2 rings (SSSR count). The van der Waals surface area contributed by atoms with Crippen LogP contribution in [0.15, 0.2) is 9.85 Å². The van der Waals surface area contributed by atoms with E-state index >= 15 is 0 Å². The van der Waals surface area contributed by atoms with Crippen LogP contribution in [0.2, 0.25) is 0 Å². The molecule has 0 atom stereocenters. The van der Waals surface area contributed by atoms with Crippen molar-refractivity contribution >= 4 is 33.0 Å². The van der Waals surface area contributed by atoms with Crippen LogP contribution in [0, 0.1) is 10.1 Å². The smallest absolute Gasteiger partial charge is 0.258 e. The lowest BCUT2D eigenvalue weighted by molar-refractivity contribution is -0.386. The molecule has 0 N–H and O–H groups in total. The minimum Gasteiger partial charge on any atom is -0.258 e. The molecule has 3 nitrogen and oxygen atoms in total. The van der Waals surface area contributed by atoms with Crippen LogP contribution < -0.4 is 0 Å². The molecule has 1 aromatic rings. The summed E-state index contributed by atoms with van der Waals surface area (Å²) in [5, 5.41) is 12.4. The van der Waals surface area contributed by atoms with E-state index in [0.717, 1.165) is 17.7 Å². The highest BCUT2D eigenvalue weighted by molar-refractivity contribution is 9.10. The van der Waals surface area contributed by atoms with E-state index in [0.29, 0.717) is 10.4 Å². The molecule has 0 spiro atoms. The average molecular weight is 248 g/mol. The Morgan fingerprint density at radius 3 is 2.83 bits per heavy atom. The number of nitro groups is 1. The van der Waals surface area contributed by atoms with E-state index in [-0.39, 0.29) is 10.6 Å². The third-order valence-electron chi connectivity index (χ3n) is 1.88. The van der Waals surface area contributed by atoms with Gasteiger partial charge in [-0.25, -0.2) is 0 Å². The summed E-state index contributed by atoms with van der Waals surface area (Å²) >= 11 is 4.67. The number of hydrogen-bond donors (Lipinski definition) is 0. The molecule has 5 heteroatoms. The molecule has 64 valence electrons. The van der Waals surface area contributed by atoms with E-state index in [2.05, 4.69) is 15.9 Å². The average Bonchev–Trinajstić information content (AvgIpc) is 2.75. The normalized spacial score (nSPS) is 16.4. The van der Waals surface area contributed by atoms with Gasteiger partial charge in [-0.3, -0.25) is 10.1 Å². The first-order chi connectivity index (χ1) is 5.70. The number of hydrogen-bond acceptors (Lipinski definition) is 3. The van der Waals surface area contributed by atoms with Gasteiger partial charge in [0.2, 0.25) is 0 Å². The van der Waals surface area contributed by atoms with Gasteiger partial charge in [0, 0.05) is 11.3 Å². The Morgan fingerprint density at radius 1 is 1.67 bits per heavy atom. The van der Waals surface area contributed by atoms with Gasteiger partial charge in [-0.05, 0) is 28.8 Å². The zero-order chi connectivity index (χ0) is 8.72. The predicted molar refractivity (Wildman–Crippen MR) is 50.6 cm³/mol. The molecule has 1 saturated carbocycles. The van der Waals surface area contributed by atoms with Gasteiger partial charge in [0.05, 0.1) is 9.80 Å². The predicted octanol–water partition coefficient (Wildman–Crippen LogP) is 3.30. The molecule has 0 unspecified atom stereocenters. The summed E-state index contributed by atoms with van der Waals surface area (Å²) in [6.07, 6.45) is 2.21. The van der Waals surface area contributed by atoms with Crippen LogP contribution in [0.5, 0.6) is 0 Å². The summed E-state index contributed by atoms with van der Waals surface area (Å²) < 4.78 is 0.624. The van der Waals surface area contributed by atoms with Gasteiger partial charge in [0.1, 0.15) is 4.47 Å². The number of nitrogens with zero attached hydrogens (tertiary/aromatic N) is 1. The number of halogens is 1. The Morgan fingerprint density at radius 2 is 2.33 bits per heavy atom. The SMILES string of the molecule is O=[N+]([O-])c1c(Br)csc1C1CC1. The fourth-order valence-corrected chi connectivity index (χ4v) is 2.99. The molecule has 1 aliphatic rings. The molecule has 0 aromatic carbocycles. The van der Waals surface area contributed by atoms with Gasteiger partial charge in [-0.2, -0.15) is 0 Å². The highest BCUT2D eigenvalue weighted by atomic mass is 79.9. The Hall–Kier alpha value is -0.420. The van der Waals surface area contributed by atoms with Crippen LogP contribution in [-0.2, 0) is 0 Å². The molecule has 12 heavy (non-hydrogen) atoms. The number of thiophene rings is 1. The summed E-state index contributed by atoms with van der Waals surface area (Å²) in [5.74, 6) is 0.460. The van der Waals surface area contributed by atoms with Crippen molar-refractivity contribution in [3.63, 3.8) is 0 Å². The minimum atomic E-state index is -0.297. The zero-order valence-electron chi connectivity index (χ0n) is 6.12. The Bertz CT molecular complexity index is 332. The zero-order valence-corrected chi connectivity index (χ0v) is 8.52. The van der Waals surface area contributed by atoms with Gasteiger partial charge in [-0.15, -0.1) is 11.3 Å². The topological polar surface area (TPSA) is 43.1 Å². The molecule has 1 aliphatic carbocycles. The van der Waals surface area contributed by atoms with E-state index in [1.54, 1.807) is 5.38 Å². The van der Waals surface area contributed by atoms with E-state index in [4.69, 9.17) is 0 Å². The lowest BCUT2D eigenvalue weighted by Gasteiger charge is -1.91. The molecule has 1 heterocycles. The molecule has 0 bridgehead atoms. The van der Waals surface area contributed by atoms with Crippen LogP contribution in [-0.4, -0.2) is 4.92 Å². The van der Waals surface area contributed by atoms with Crippen molar-refractivity contribution in [3.8, 4) is 0 Å². The Balaban J connectivity index is 2.46. The summed E-state index contributed by atoms with van der Waals surface area (Å²) in [6, 6.07) is 0. The second-order valence-corrected chi connectivity index (χ2v) is 4.59. The Kier molecular flexibility index (Phi) is 1.92. The minimum absolute atomic E-state index is 0.280. The Labute approximate surface area is 81.7 Å². The van der Waals surface area contributed by atoms with Crippen molar-refractivity contribution in [3.05, 3.63) is 24.8 Å². The van der Waals surface area contributed by atoms with Crippen molar-refractivity contribution in [2.75, 3.05) is 0 Å². The van der Waals surface area contributed by atoms with Crippen molar-refractivity contribution in [2.24, 2.45) is 0 Å². The molecule has 0 aliphatic heterocycles. The molecule has 1 fully saturated rings. The first-order valence-electron chi connectivity index (χ1n) is 3.61. The van der Waals surface area contributed by atoms with Crippen molar-refractivity contribution in [2.45, 2.75) is 18.8 Å². The summed E-state index contributed by atoms with van der Waals surface area (Å²) in [5.41, 5.74) is 0.280. The van der Waals surface area contributed by atoms with Crippen LogP contribution >= 0.6 is 27.3 Å². The molecule has 0 saturated heterocycles. The van der Waals surface area contributed by atoms with Crippen molar-refractivity contribution < 1.29 is 4.92 Å². The van der Waals surface area contributed by atoms with E-state index < -0.39 is 0 Å². The van der Waals surface area contributed by atoms with Crippen LogP contribution in [0.3, 0.4) is 0 Å². The molecule has 1 aromatic heterocycles. The van der Waals surface area contributed by atoms with Crippen molar-refractivity contribution in [1.29, 1.82) is 0 Å². The first kappa shape index (κ1) is 8.19. The monoisotopic (exact) mass is 247 g/mol. The fraction of sp³-hybridized carbons (Fsp3) is 0.429. The second-order valence-electron chi connectivity index (χ2n) is 2.83. The van der Waals surface area contributed by atoms with Gasteiger partial charge >= 0.3 is 0 Å². The van der Waals surface area contributed by atoms with E-state index in [9.17, 15) is 10.1 Å². The van der Waals surface area contributed by atoms with Crippen LogP contribution in [0.4, 0.5) is 5.69 Å². The first-order valence-corrected chi connectivity index (χ1v) is 5.28. The lowest BCUT2D eigenvalue weighted by Crippen LogP contribution is -1.89. The van der Waals surface area contributed by atoms with E-state index in [1.807, 2.05) is 0 Å². The third-order valence-corrected chi connectivity index (χ3v) is 3.92. The number of rotatable bonds is 2. The summed E-state index contributed by atoms with van der Waals surface area (Å²) in [7, 11) is 0. The third kappa shape index (κ3) is 1.27. The quantitative estimate of drug-likeness (QED) is 0.595. The van der Waals surface area contributed by atoms with Crippen LogP contribution in [0.1, 0.15) is 23.6 Å². The van der Waals surface area contributed by atoms with Crippen LogP contribution in [0.25, 0.3) is 0 Å². The highest BCUT2D eigenvalue weighted by Crippen LogP contribution is 2.49. The fourth-order valence-electron chi connectivity index (χ4n) is 1.16. The standard InChI is InChI=1S/C7H6BrNO2S/c8-5-3-12-7(4-1-2-4)6(5)9(10)11/h3-4H,1-2H2. The van der Waals surface area contributed by atoms with E-state index in [1.165, 1.54) is 11.3 Å². The molecule has 0 radical (unpaired) electrons. The lowest BCUT2D eigenvalue weighted by atomic mass is 10.3. The molecular weight excluding hydrogens is 242 g/mol. The highest BCUT2D eigenvalue weighted by Gasteiger charge is 2.33. The van der Waals surface area contributed by atoms with Gasteiger partial charge in [0.15, 0.2) is 0 Å².